The Bertz CT molecular complexity index is 1410. The summed E-state index contributed by atoms with van der Waals surface area (Å²) in [7, 11) is 0.266. The minimum absolute atomic E-state index is 0.0515. The molecule has 1 aliphatic rings. The van der Waals surface area contributed by atoms with Crippen molar-refractivity contribution in [2.45, 2.75) is 20.3 Å². The van der Waals surface area contributed by atoms with Crippen molar-refractivity contribution < 1.29 is 51.7 Å². The number of hydrogen-bond donors (Lipinski definition) is 0. The molecular weight excluding hydrogens is 599 g/mol. The second-order valence-corrected chi connectivity index (χ2v) is 12.2. The van der Waals surface area contributed by atoms with Crippen LogP contribution in [0, 0.1) is 5.41 Å². The summed E-state index contributed by atoms with van der Waals surface area (Å²) in [5, 5.41) is 0.374. The zero-order valence-corrected chi connectivity index (χ0v) is 24.7. The number of benzene rings is 2. The zero-order valence-electron chi connectivity index (χ0n) is 22.2. The molecule has 11 nitrogen and oxygen atoms in total. The molecule has 1 fully saturated rings. The highest BCUT2D eigenvalue weighted by molar-refractivity contribution is 9.10. The van der Waals surface area contributed by atoms with Crippen molar-refractivity contribution in [1.29, 1.82) is 0 Å². The number of carbonyl (C=O) groups is 4. The first-order valence-corrected chi connectivity index (χ1v) is 13.9. The van der Waals surface area contributed by atoms with Crippen molar-refractivity contribution in [3.63, 3.8) is 0 Å². The maximum atomic E-state index is 14.4. The van der Waals surface area contributed by atoms with Crippen LogP contribution in [0.5, 0.6) is 0 Å². The normalized spacial score (nSPS) is 16.3. The SMILES string of the molecule is COC(=O)/C=C(/Cc1c(C(=O)OC)c(C(=O)OC)c2cc(Br)ccc2c1P1(=O)OCC(C)(C)CO1)C(=O)OC. The Kier molecular flexibility index (Phi) is 9.38. The monoisotopic (exact) mass is 626 g/mol. The summed E-state index contributed by atoms with van der Waals surface area (Å²) < 4.78 is 46.1. The molecule has 2 aromatic carbocycles. The van der Waals surface area contributed by atoms with Crippen molar-refractivity contribution in [3.05, 3.63) is 51.0 Å². The topological polar surface area (TPSA) is 141 Å². The first-order chi connectivity index (χ1) is 18.3. The molecule has 1 heterocycles. The van der Waals surface area contributed by atoms with Crippen molar-refractivity contribution in [2.24, 2.45) is 5.41 Å². The number of methoxy groups -OCH3 is 4. The number of hydrogen-bond acceptors (Lipinski definition) is 11. The van der Waals surface area contributed by atoms with E-state index in [1.165, 1.54) is 0 Å². The van der Waals surface area contributed by atoms with Crippen molar-refractivity contribution in [2.75, 3.05) is 41.7 Å². The zero-order chi connectivity index (χ0) is 29.1. The number of esters is 4. The van der Waals surface area contributed by atoms with Gasteiger partial charge in [-0.2, -0.15) is 0 Å². The largest absolute Gasteiger partial charge is 0.466 e. The van der Waals surface area contributed by atoms with E-state index in [0.717, 1.165) is 34.5 Å². The molecular formula is C26H28BrO11P. The standard InChI is InChI=1S/C26H28BrO11P/c1-26(2)12-37-39(32,38-13-26)22-16-8-7-15(27)11-17(16)20(24(30)35-5)21(25(31)36-6)18(22)9-14(23(29)34-4)10-19(28)33-3/h7-8,10-11H,9,12-13H2,1-6H3/b14-10-. The Labute approximate surface area is 233 Å². The summed E-state index contributed by atoms with van der Waals surface area (Å²) >= 11 is 3.37. The van der Waals surface area contributed by atoms with E-state index in [-0.39, 0.29) is 51.6 Å². The van der Waals surface area contributed by atoms with Crippen LogP contribution in [0.25, 0.3) is 10.8 Å². The Morgan fingerprint density at radius 3 is 2.05 bits per heavy atom. The summed E-state index contributed by atoms with van der Waals surface area (Å²) in [5.41, 5.74) is -1.36. The lowest BCUT2D eigenvalue weighted by Gasteiger charge is -2.35. The molecule has 0 N–H and O–H groups in total. The molecule has 2 aromatic rings. The van der Waals surface area contributed by atoms with E-state index in [1.807, 2.05) is 13.8 Å². The molecule has 1 aliphatic heterocycles. The van der Waals surface area contributed by atoms with Gasteiger partial charge in [0.1, 0.15) is 0 Å². The molecule has 0 spiro atoms. The lowest BCUT2D eigenvalue weighted by molar-refractivity contribution is -0.138. The molecule has 39 heavy (non-hydrogen) atoms. The van der Waals surface area contributed by atoms with Crippen LogP contribution in [-0.2, 0) is 48.6 Å². The van der Waals surface area contributed by atoms with Gasteiger partial charge in [0, 0.05) is 28.0 Å². The predicted molar refractivity (Wildman–Crippen MR) is 143 cm³/mol. The molecule has 0 bridgehead atoms. The number of carbonyl (C=O) groups excluding carboxylic acids is 4. The van der Waals surface area contributed by atoms with Crippen molar-refractivity contribution in [1.82, 2.24) is 0 Å². The predicted octanol–water partition coefficient (Wildman–Crippen LogP) is 3.88. The second kappa shape index (κ2) is 12.0. The van der Waals surface area contributed by atoms with Gasteiger partial charge >= 0.3 is 31.5 Å². The molecule has 0 aliphatic carbocycles. The van der Waals surface area contributed by atoms with Gasteiger partial charge in [0.25, 0.3) is 0 Å². The second-order valence-electron chi connectivity index (χ2n) is 9.32. The van der Waals surface area contributed by atoms with Gasteiger partial charge in [0.15, 0.2) is 0 Å². The molecule has 210 valence electrons. The Hall–Kier alpha value is -3.05. The van der Waals surface area contributed by atoms with E-state index >= 15 is 0 Å². The van der Waals surface area contributed by atoms with Crippen LogP contribution in [-0.4, -0.2) is 65.5 Å². The van der Waals surface area contributed by atoms with Crippen LogP contribution in [0.4, 0.5) is 0 Å². The minimum atomic E-state index is -4.19. The molecule has 13 heteroatoms. The van der Waals surface area contributed by atoms with E-state index in [2.05, 4.69) is 20.7 Å². The Balaban J connectivity index is 2.56. The van der Waals surface area contributed by atoms with Crippen LogP contribution < -0.4 is 5.30 Å². The number of rotatable bonds is 7. The Morgan fingerprint density at radius 1 is 0.923 bits per heavy atom. The minimum Gasteiger partial charge on any atom is -0.466 e. The summed E-state index contributed by atoms with van der Waals surface area (Å²) in [4.78, 5) is 51.3. The van der Waals surface area contributed by atoms with Crippen molar-refractivity contribution in [3.8, 4) is 0 Å². The highest BCUT2D eigenvalue weighted by Crippen LogP contribution is 2.55. The van der Waals surface area contributed by atoms with Gasteiger partial charge in [-0.1, -0.05) is 35.8 Å². The van der Waals surface area contributed by atoms with Crippen LogP contribution in [0.2, 0.25) is 0 Å². The van der Waals surface area contributed by atoms with Crippen LogP contribution >= 0.6 is 23.5 Å². The number of fused-ring (bicyclic) bond motifs is 1. The molecule has 0 amide bonds. The molecule has 0 unspecified atom stereocenters. The Morgan fingerprint density at radius 2 is 1.51 bits per heavy atom. The van der Waals surface area contributed by atoms with Gasteiger partial charge in [-0.25, -0.2) is 19.2 Å². The summed E-state index contributed by atoms with van der Waals surface area (Å²) in [6.45, 7) is 3.83. The van der Waals surface area contributed by atoms with E-state index in [1.54, 1.807) is 18.2 Å². The van der Waals surface area contributed by atoms with Crippen molar-refractivity contribution >= 4 is 63.5 Å². The van der Waals surface area contributed by atoms with E-state index in [0.29, 0.717) is 4.47 Å². The molecule has 3 rings (SSSR count). The summed E-state index contributed by atoms with van der Waals surface area (Å²) in [5.74, 6) is -3.69. The highest BCUT2D eigenvalue weighted by atomic mass is 79.9. The average Bonchev–Trinajstić information content (AvgIpc) is 2.92. The summed E-state index contributed by atoms with van der Waals surface area (Å²) in [6, 6.07) is 4.76. The van der Waals surface area contributed by atoms with Gasteiger partial charge in [0.2, 0.25) is 0 Å². The fraction of sp³-hybridized carbons (Fsp3) is 0.385. The third kappa shape index (κ3) is 6.24. The molecule has 0 radical (unpaired) electrons. The number of ether oxygens (including phenoxy) is 4. The van der Waals surface area contributed by atoms with Crippen LogP contribution in [0.3, 0.4) is 0 Å². The van der Waals surface area contributed by atoms with Gasteiger partial charge < -0.3 is 28.0 Å². The third-order valence-corrected chi connectivity index (χ3v) is 8.44. The smallest absolute Gasteiger partial charge is 0.362 e. The van der Waals surface area contributed by atoms with Crippen LogP contribution in [0.15, 0.2) is 34.3 Å². The van der Waals surface area contributed by atoms with E-state index in [4.69, 9.17) is 23.3 Å². The molecule has 1 saturated heterocycles. The van der Waals surface area contributed by atoms with Crippen LogP contribution in [0.1, 0.15) is 40.1 Å². The fourth-order valence-electron chi connectivity index (χ4n) is 4.05. The fourth-order valence-corrected chi connectivity index (χ4v) is 6.80. The third-order valence-electron chi connectivity index (χ3n) is 5.96. The maximum absolute atomic E-state index is 14.4. The lowest BCUT2D eigenvalue weighted by atomic mass is 9.90. The van der Waals surface area contributed by atoms with E-state index < -0.39 is 43.3 Å². The van der Waals surface area contributed by atoms with Gasteiger partial charge in [-0.3, -0.25) is 4.57 Å². The maximum Gasteiger partial charge on any atom is 0.362 e. The van der Waals surface area contributed by atoms with Gasteiger partial charge in [0.05, 0.1) is 58.1 Å². The number of halogens is 1. The highest BCUT2D eigenvalue weighted by Gasteiger charge is 2.43. The molecule has 0 atom stereocenters. The molecule has 0 saturated carbocycles. The average molecular weight is 627 g/mol. The quantitative estimate of drug-likeness (QED) is 0.191. The lowest BCUT2D eigenvalue weighted by Crippen LogP contribution is -2.34. The summed E-state index contributed by atoms with van der Waals surface area (Å²) in [6.07, 6.45) is 0.375. The molecule has 0 aromatic heterocycles. The van der Waals surface area contributed by atoms with Gasteiger partial charge in [-0.05, 0) is 28.5 Å². The first-order valence-electron chi connectivity index (χ1n) is 11.5. The van der Waals surface area contributed by atoms with Gasteiger partial charge in [-0.15, -0.1) is 0 Å². The van der Waals surface area contributed by atoms with E-state index in [9.17, 15) is 23.7 Å². The first kappa shape index (κ1) is 30.5.